The zero-order valence-corrected chi connectivity index (χ0v) is 10.00. The van der Waals surface area contributed by atoms with Gasteiger partial charge in [0, 0.05) is 12.5 Å². The van der Waals surface area contributed by atoms with Gasteiger partial charge in [-0.1, -0.05) is 6.92 Å². The van der Waals surface area contributed by atoms with Crippen LogP contribution in [0, 0.1) is 0 Å². The molecule has 1 heterocycles. The molecule has 1 rings (SSSR count). The molecule has 1 aromatic rings. The van der Waals surface area contributed by atoms with Gasteiger partial charge in [-0.05, 0) is 41.8 Å². The summed E-state index contributed by atoms with van der Waals surface area (Å²) >= 11 is 1.57. The van der Waals surface area contributed by atoms with Crippen molar-refractivity contribution in [3.8, 4) is 0 Å². The molecule has 0 fully saturated rings. The van der Waals surface area contributed by atoms with Crippen LogP contribution in [0.4, 0.5) is 13.2 Å². The maximum absolute atomic E-state index is 12.0. The first-order valence-corrected chi connectivity index (χ1v) is 6.29. The first-order chi connectivity index (χ1) is 7.53. The molecule has 16 heavy (non-hydrogen) atoms. The highest BCUT2D eigenvalue weighted by Crippen LogP contribution is 2.27. The smallest absolute Gasteiger partial charge is 0.310 e. The normalized spacial score (nSPS) is 14.0. The zero-order valence-electron chi connectivity index (χ0n) is 9.18. The molecule has 1 atom stereocenters. The van der Waals surface area contributed by atoms with Gasteiger partial charge in [0.25, 0.3) is 0 Å². The molecule has 0 radical (unpaired) electrons. The van der Waals surface area contributed by atoms with E-state index in [4.69, 9.17) is 0 Å². The Morgan fingerprint density at radius 1 is 1.44 bits per heavy atom. The lowest BCUT2D eigenvalue weighted by Crippen LogP contribution is -2.21. The lowest BCUT2D eigenvalue weighted by Gasteiger charge is -2.17. The van der Waals surface area contributed by atoms with E-state index in [1.165, 1.54) is 0 Å². The Balaban J connectivity index is 2.41. The summed E-state index contributed by atoms with van der Waals surface area (Å²) in [7, 11) is 0. The van der Waals surface area contributed by atoms with Crippen molar-refractivity contribution in [3.05, 3.63) is 22.4 Å². The molecule has 0 spiro atoms. The Morgan fingerprint density at radius 3 is 2.69 bits per heavy atom. The van der Waals surface area contributed by atoms with E-state index in [0.717, 1.165) is 12.1 Å². The van der Waals surface area contributed by atoms with Crippen molar-refractivity contribution in [2.45, 2.75) is 38.4 Å². The molecule has 0 saturated heterocycles. The Labute approximate surface area is 97.7 Å². The largest absolute Gasteiger partial charge is 0.389 e. The molecule has 0 aliphatic heterocycles. The molecule has 1 aromatic heterocycles. The van der Waals surface area contributed by atoms with Crippen LogP contribution in [-0.4, -0.2) is 12.7 Å². The Hall–Kier alpha value is -0.550. The maximum atomic E-state index is 12.0. The van der Waals surface area contributed by atoms with Gasteiger partial charge in [-0.25, -0.2) is 0 Å². The SMILES string of the molecule is CCNC(CCCC(F)(F)F)c1ccsc1. The number of hydrogen-bond donors (Lipinski definition) is 1. The van der Waals surface area contributed by atoms with Crippen LogP contribution in [-0.2, 0) is 0 Å². The number of thiophene rings is 1. The van der Waals surface area contributed by atoms with Gasteiger partial charge in [-0.3, -0.25) is 0 Å². The van der Waals surface area contributed by atoms with E-state index >= 15 is 0 Å². The van der Waals surface area contributed by atoms with Crippen LogP contribution in [0.2, 0.25) is 0 Å². The standard InChI is InChI=1S/C11H16F3NS/c1-2-15-10(9-5-7-16-8-9)4-3-6-11(12,13)14/h5,7-8,10,15H,2-4,6H2,1H3. The monoisotopic (exact) mass is 251 g/mol. The molecule has 0 aliphatic rings. The second-order valence-corrected chi connectivity index (χ2v) is 4.45. The van der Waals surface area contributed by atoms with Crippen molar-refractivity contribution in [2.75, 3.05) is 6.54 Å². The average molecular weight is 251 g/mol. The molecule has 1 unspecified atom stereocenters. The zero-order chi connectivity index (χ0) is 12.0. The number of alkyl halides is 3. The van der Waals surface area contributed by atoms with Crippen molar-refractivity contribution in [2.24, 2.45) is 0 Å². The summed E-state index contributed by atoms with van der Waals surface area (Å²) in [4.78, 5) is 0. The summed E-state index contributed by atoms with van der Waals surface area (Å²) in [6, 6.07) is 2.02. The fourth-order valence-electron chi connectivity index (χ4n) is 1.61. The molecule has 0 aliphatic carbocycles. The minimum Gasteiger partial charge on any atom is -0.310 e. The molecule has 0 saturated carbocycles. The molecule has 5 heteroatoms. The highest BCUT2D eigenvalue weighted by molar-refractivity contribution is 7.07. The quantitative estimate of drug-likeness (QED) is 0.801. The van der Waals surface area contributed by atoms with Crippen LogP contribution in [0.15, 0.2) is 16.8 Å². The van der Waals surface area contributed by atoms with E-state index < -0.39 is 12.6 Å². The molecular weight excluding hydrogens is 235 g/mol. The Bertz CT molecular complexity index is 282. The minimum absolute atomic E-state index is 0.0543. The topological polar surface area (TPSA) is 12.0 Å². The third-order valence-electron chi connectivity index (χ3n) is 2.35. The third kappa shape index (κ3) is 4.99. The highest BCUT2D eigenvalue weighted by atomic mass is 32.1. The predicted octanol–water partition coefficient (Wildman–Crippen LogP) is 4.13. The van der Waals surface area contributed by atoms with Crippen LogP contribution >= 0.6 is 11.3 Å². The van der Waals surface area contributed by atoms with Crippen molar-refractivity contribution in [3.63, 3.8) is 0 Å². The minimum atomic E-state index is -4.04. The van der Waals surface area contributed by atoms with E-state index in [1.54, 1.807) is 11.3 Å². The second kappa shape index (κ2) is 6.25. The van der Waals surface area contributed by atoms with Gasteiger partial charge in [0.15, 0.2) is 0 Å². The fraction of sp³-hybridized carbons (Fsp3) is 0.636. The number of rotatable bonds is 6. The molecule has 0 aromatic carbocycles. The third-order valence-corrected chi connectivity index (χ3v) is 3.05. The average Bonchev–Trinajstić information content (AvgIpc) is 2.67. The number of hydrogen-bond acceptors (Lipinski definition) is 2. The summed E-state index contributed by atoms with van der Waals surface area (Å²) < 4.78 is 36.0. The van der Waals surface area contributed by atoms with Gasteiger partial charge in [-0.15, -0.1) is 0 Å². The van der Waals surface area contributed by atoms with Gasteiger partial charge >= 0.3 is 6.18 Å². The van der Waals surface area contributed by atoms with Gasteiger partial charge in [0.05, 0.1) is 0 Å². The van der Waals surface area contributed by atoms with Crippen LogP contribution in [0.3, 0.4) is 0 Å². The van der Waals surface area contributed by atoms with Crippen molar-refractivity contribution >= 4 is 11.3 Å². The first-order valence-electron chi connectivity index (χ1n) is 5.35. The van der Waals surface area contributed by atoms with Crippen molar-refractivity contribution in [1.29, 1.82) is 0 Å². The van der Waals surface area contributed by atoms with E-state index in [0.29, 0.717) is 6.42 Å². The maximum Gasteiger partial charge on any atom is 0.389 e. The predicted molar refractivity (Wildman–Crippen MR) is 60.6 cm³/mol. The lowest BCUT2D eigenvalue weighted by atomic mass is 10.0. The molecule has 1 N–H and O–H groups in total. The highest BCUT2D eigenvalue weighted by Gasteiger charge is 2.26. The van der Waals surface area contributed by atoms with E-state index in [-0.39, 0.29) is 12.5 Å². The van der Waals surface area contributed by atoms with Crippen molar-refractivity contribution in [1.82, 2.24) is 5.32 Å². The van der Waals surface area contributed by atoms with Crippen LogP contribution in [0.25, 0.3) is 0 Å². The van der Waals surface area contributed by atoms with Gasteiger partial charge in [0.1, 0.15) is 0 Å². The first kappa shape index (κ1) is 13.5. The summed E-state index contributed by atoms with van der Waals surface area (Å²) in [6.45, 7) is 2.73. The molecule has 0 bridgehead atoms. The molecular formula is C11H16F3NS. The summed E-state index contributed by atoms with van der Waals surface area (Å²) in [5, 5.41) is 7.15. The summed E-state index contributed by atoms with van der Waals surface area (Å²) in [6.07, 6.45) is -4.02. The Kier molecular flexibility index (Phi) is 5.28. The lowest BCUT2D eigenvalue weighted by molar-refractivity contribution is -0.135. The van der Waals surface area contributed by atoms with Crippen LogP contribution in [0.1, 0.15) is 37.8 Å². The van der Waals surface area contributed by atoms with Crippen LogP contribution < -0.4 is 5.32 Å². The molecule has 0 amide bonds. The van der Waals surface area contributed by atoms with E-state index in [1.807, 2.05) is 23.8 Å². The van der Waals surface area contributed by atoms with E-state index in [2.05, 4.69) is 5.32 Å². The molecule has 92 valence electrons. The number of halogens is 3. The van der Waals surface area contributed by atoms with Crippen LogP contribution in [0.5, 0.6) is 0 Å². The number of nitrogens with one attached hydrogen (secondary N) is 1. The van der Waals surface area contributed by atoms with E-state index in [9.17, 15) is 13.2 Å². The summed E-state index contributed by atoms with van der Waals surface area (Å²) in [5.74, 6) is 0. The van der Waals surface area contributed by atoms with Gasteiger partial charge < -0.3 is 5.32 Å². The fourth-order valence-corrected chi connectivity index (χ4v) is 2.33. The van der Waals surface area contributed by atoms with Crippen molar-refractivity contribution < 1.29 is 13.2 Å². The van der Waals surface area contributed by atoms with Gasteiger partial charge in [0.2, 0.25) is 0 Å². The molecule has 1 nitrogen and oxygen atoms in total. The van der Waals surface area contributed by atoms with Gasteiger partial charge in [-0.2, -0.15) is 24.5 Å². The second-order valence-electron chi connectivity index (χ2n) is 3.67. The summed E-state index contributed by atoms with van der Waals surface area (Å²) in [5.41, 5.74) is 1.09. The Morgan fingerprint density at radius 2 is 2.19 bits per heavy atom.